The van der Waals surface area contributed by atoms with Gasteiger partial charge in [0, 0.05) is 19.3 Å². The van der Waals surface area contributed by atoms with E-state index >= 15 is 0 Å². The fraction of sp³-hybridized carbons (Fsp3) is 0.222. The molecule has 35 heavy (non-hydrogen) atoms. The smallest absolute Gasteiger partial charge is 0.334 e. The van der Waals surface area contributed by atoms with E-state index in [-0.39, 0.29) is 23.4 Å². The molecule has 178 valence electrons. The number of pyridine rings is 1. The summed E-state index contributed by atoms with van der Waals surface area (Å²) in [4.78, 5) is 31.8. The number of carbonyl (C=O) groups is 1. The zero-order valence-electron chi connectivity index (χ0n) is 19.4. The molecule has 1 saturated heterocycles. The second-order valence-electron chi connectivity index (χ2n) is 8.62. The third-order valence-electron chi connectivity index (χ3n) is 6.40. The predicted molar refractivity (Wildman–Crippen MR) is 132 cm³/mol. The van der Waals surface area contributed by atoms with E-state index in [1.807, 2.05) is 6.07 Å². The minimum absolute atomic E-state index is 0.131. The van der Waals surface area contributed by atoms with Crippen molar-refractivity contribution in [3.05, 3.63) is 95.4 Å². The number of benzene rings is 2. The quantitative estimate of drug-likeness (QED) is 0.392. The van der Waals surface area contributed by atoms with E-state index in [9.17, 15) is 14.0 Å². The van der Waals surface area contributed by atoms with E-state index in [0.29, 0.717) is 35.6 Å². The van der Waals surface area contributed by atoms with Crippen molar-refractivity contribution in [1.82, 2.24) is 19.0 Å². The first-order valence-corrected chi connectivity index (χ1v) is 11.5. The molecule has 8 heteroatoms. The molecule has 1 aliphatic rings. The van der Waals surface area contributed by atoms with Gasteiger partial charge >= 0.3 is 5.69 Å². The lowest BCUT2D eigenvalue weighted by atomic mass is 10.1. The Balaban J connectivity index is 1.51. The summed E-state index contributed by atoms with van der Waals surface area (Å²) in [6.45, 7) is 6.36. The summed E-state index contributed by atoms with van der Waals surface area (Å²) < 4.78 is 23.4. The van der Waals surface area contributed by atoms with Crippen LogP contribution in [0.3, 0.4) is 0 Å². The van der Waals surface area contributed by atoms with Gasteiger partial charge in [-0.15, -0.1) is 0 Å². The van der Waals surface area contributed by atoms with Crippen molar-refractivity contribution in [2.75, 3.05) is 13.1 Å². The summed E-state index contributed by atoms with van der Waals surface area (Å²) in [5.41, 5.74) is 2.36. The summed E-state index contributed by atoms with van der Waals surface area (Å²) in [5.74, 6) is 0.0675. The summed E-state index contributed by atoms with van der Waals surface area (Å²) in [6, 6.07) is 13.6. The van der Waals surface area contributed by atoms with Crippen LogP contribution < -0.4 is 10.4 Å². The molecule has 4 aromatic rings. The van der Waals surface area contributed by atoms with Crippen molar-refractivity contribution >= 4 is 16.9 Å². The number of rotatable bonds is 5. The molecule has 3 heterocycles. The average Bonchev–Trinajstić information content (AvgIpc) is 3.18. The number of hydrogen-bond donors (Lipinski definition) is 0. The van der Waals surface area contributed by atoms with Crippen LogP contribution in [0, 0.1) is 12.7 Å². The first-order valence-electron chi connectivity index (χ1n) is 11.5. The molecule has 5 rings (SSSR count). The number of halogens is 1. The number of likely N-dealkylation sites (tertiary alicyclic amines) is 1. The first kappa shape index (κ1) is 22.6. The third-order valence-corrected chi connectivity index (χ3v) is 6.40. The minimum atomic E-state index is -0.404. The van der Waals surface area contributed by atoms with E-state index in [4.69, 9.17) is 4.74 Å². The molecule has 0 unspecified atom stereocenters. The molecule has 1 aliphatic heterocycles. The molecule has 1 fully saturated rings. The Labute approximate surface area is 201 Å². The molecule has 1 amide bonds. The van der Waals surface area contributed by atoms with E-state index in [0.717, 1.165) is 18.4 Å². The van der Waals surface area contributed by atoms with Crippen molar-refractivity contribution in [2.24, 2.45) is 0 Å². The van der Waals surface area contributed by atoms with Crippen LogP contribution >= 0.6 is 0 Å². The van der Waals surface area contributed by atoms with Gasteiger partial charge in [0.1, 0.15) is 5.75 Å². The van der Waals surface area contributed by atoms with Gasteiger partial charge in [0.25, 0.3) is 0 Å². The molecular weight excluding hydrogens is 447 g/mol. The fourth-order valence-electron chi connectivity index (χ4n) is 4.66. The van der Waals surface area contributed by atoms with Gasteiger partial charge in [-0.05, 0) is 67.8 Å². The lowest BCUT2D eigenvalue weighted by molar-refractivity contribution is -0.127. The molecule has 0 spiro atoms. The van der Waals surface area contributed by atoms with Gasteiger partial charge in [0.2, 0.25) is 5.91 Å². The lowest BCUT2D eigenvalue weighted by Gasteiger charge is -2.32. The number of imidazole rings is 1. The highest BCUT2D eigenvalue weighted by Crippen LogP contribution is 2.29. The van der Waals surface area contributed by atoms with Crippen LogP contribution in [-0.4, -0.2) is 38.0 Å². The molecule has 0 radical (unpaired) electrons. The van der Waals surface area contributed by atoms with Crippen molar-refractivity contribution in [2.45, 2.75) is 25.8 Å². The van der Waals surface area contributed by atoms with E-state index in [2.05, 4.69) is 11.6 Å². The largest absolute Gasteiger partial charge is 0.454 e. The van der Waals surface area contributed by atoms with Crippen LogP contribution in [0.2, 0.25) is 0 Å². The normalized spacial score (nSPS) is 15.8. The number of ether oxygens (including phenoxy) is 1. The Morgan fingerprint density at radius 1 is 1.17 bits per heavy atom. The Morgan fingerprint density at radius 3 is 2.74 bits per heavy atom. The highest BCUT2D eigenvalue weighted by atomic mass is 19.1. The molecular formula is C27H25FN4O3. The Morgan fingerprint density at radius 2 is 1.97 bits per heavy atom. The number of amides is 1. The maximum absolute atomic E-state index is 14.3. The first-order chi connectivity index (χ1) is 17.0. The second-order valence-corrected chi connectivity index (χ2v) is 8.62. The summed E-state index contributed by atoms with van der Waals surface area (Å²) in [5, 5.41) is 0. The van der Waals surface area contributed by atoms with Gasteiger partial charge in [-0.1, -0.05) is 18.7 Å². The molecule has 2 aromatic carbocycles. The number of aryl methyl sites for hydroxylation is 1. The standard InChI is InChI=1S/C27H25FN4O3/c1-3-25(33)30-15-5-7-20(17-30)32-22-13-14-29-16-23(22)31(27(32)34)19-9-11-21(12-10-19)35-24-8-4-6-18(2)26(24)28/h3-4,6,8-14,16,20H,1,5,7,15,17H2,2H3/t20-/m1/s1. The summed E-state index contributed by atoms with van der Waals surface area (Å²) in [7, 11) is 0. The molecule has 7 nitrogen and oxygen atoms in total. The lowest BCUT2D eigenvalue weighted by Crippen LogP contribution is -2.42. The van der Waals surface area contributed by atoms with Gasteiger partial charge in [-0.3, -0.25) is 18.9 Å². The molecule has 2 aromatic heterocycles. The SMILES string of the molecule is C=CC(=O)N1CCC[C@@H](n2c(=O)n(-c3ccc(Oc4cccc(C)c4F)cc3)c3cnccc32)C1. The number of carbonyl (C=O) groups excluding carboxylic acids is 1. The molecule has 0 saturated carbocycles. The third kappa shape index (κ3) is 4.12. The van der Waals surface area contributed by atoms with Crippen molar-refractivity contribution < 1.29 is 13.9 Å². The van der Waals surface area contributed by atoms with Crippen LogP contribution in [-0.2, 0) is 4.79 Å². The van der Waals surface area contributed by atoms with Crippen LogP contribution in [0.4, 0.5) is 4.39 Å². The summed E-state index contributed by atoms with van der Waals surface area (Å²) >= 11 is 0. The zero-order chi connectivity index (χ0) is 24.5. The molecule has 0 bridgehead atoms. The van der Waals surface area contributed by atoms with Crippen molar-refractivity contribution in [1.29, 1.82) is 0 Å². The number of piperidine rings is 1. The van der Waals surface area contributed by atoms with Crippen molar-refractivity contribution in [3.63, 3.8) is 0 Å². The van der Waals surface area contributed by atoms with Gasteiger partial charge in [0.05, 0.1) is 29.0 Å². The number of hydrogen-bond acceptors (Lipinski definition) is 4. The van der Waals surface area contributed by atoms with Gasteiger partial charge in [-0.25, -0.2) is 9.18 Å². The Hall–Kier alpha value is -4.20. The monoisotopic (exact) mass is 472 g/mol. The fourth-order valence-corrected chi connectivity index (χ4v) is 4.66. The zero-order valence-corrected chi connectivity index (χ0v) is 19.4. The Kier molecular flexibility index (Phi) is 5.94. The van der Waals surface area contributed by atoms with E-state index in [1.165, 1.54) is 6.08 Å². The van der Waals surface area contributed by atoms with Gasteiger partial charge < -0.3 is 9.64 Å². The van der Waals surface area contributed by atoms with E-state index < -0.39 is 5.82 Å². The van der Waals surface area contributed by atoms with Gasteiger partial charge in [0.15, 0.2) is 11.6 Å². The van der Waals surface area contributed by atoms with Crippen LogP contribution in [0.15, 0.2) is 78.4 Å². The molecule has 0 N–H and O–H groups in total. The average molecular weight is 473 g/mol. The molecule has 0 aliphatic carbocycles. The highest BCUT2D eigenvalue weighted by Gasteiger charge is 2.27. The van der Waals surface area contributed by atoms with Crippen molar-refractivity contribution in [3.8, 4) is 17.2 Å². The summed E-state index contributed by atoms with van der Waals surface area (Å²) in [6.07, 6.45) is 6.22. The predicted octanol–water partition coefficient (Wildman–Crippen LogP) is 4.78. The number of fused-ring (bicyclic) bond motifs is 1. The van der Waals surface area contributed by atoms with Crippen LogP contribution in [0.5, 0.6) is 11.5 Å². The Bertz CT molecular complexity index is 1470. The van der Waals surface area contributed by atoms with Crippen LogP contribution in [0.25, 0.3) is 16.7 Å². The highest BCUT2D eigenvalue weighted by molar-refractivity contribution is 5.87. The minimum Gasteiger partial charge on any atom is -0.454 e. The second kappa shape index (κ2) is 9.21. The number of aromatic nitrogens is 3. The maximum Gasteiger partial charge on any atom is 0.334 e. The number of nitrogens with zero attached hydrogens (tertiary/aromatic N) is 4. The topological polar surface area (TPSA) is 69.4 Å². The maximum atomic E-state index is 14.3. The van der Waals surface area contributed by atoms with E-state index in [1.54, 1.807) is 75.8 Å². The molecule has 1 atom stereocenters. The van der Waals surface area contributed by atoms with Gasteiger partial charge in [-0.2, -0.15) is 0 Å². The van der Waals surface area contributed by atoms with Crippen LogP contribution in [0.1, 0.15) is 24.4 Å².